The first-order valence-electron chi connectivity index (χ1n) is 15.1. The van der Waals surface area contributed by atoms with Crippen LogP contribution < -0.4 is 0 Å². The van der Waals surface area contributed by atoms with Gasteiger partial charge < -0.3 is 4.57 Å². The predicted molar refractivity (Wildman–Crippen MR) is 180 cm³/mol. The van der Waals surface area contributed by atoms with Crippen LogP contribution in [0.5, 0.6) is 0 Å². The van der Waals surface area contributed by atoms with Gasteiger partial charge in [0, 0.05) is 11.5 Å². The zero-order chi connectivity index (χ0) is 28.1. The number of benzene rings is 7. The maximum atomic E-state index is 5.22. The normalized spacial score (nSPS) is 17.1. The lowest BCUT2D eigenvalue weighted by molar-refractivity contribution is 0.548. The third kappa shape index (κ3) is 3.21. The second kappa shape index (κ2) is 8.53. The van der Waals surface area contributed by atoms with E-state index in [-0.39, 0.29) is 6.04 Å². The minimum Gasteiger partial charge on any atom is -0.316 e. The Kier molecular flexibility index (Phi) is 4.59. The largest absolute Gasteiger partial charge is 0.316 e. The Bertz CT molecular complexity index is 2440. The van der Waals surface area contributed by atoms with Crippen molar-refractivity contribution in [3.05, 3.63) is 151 Å². The van der Waals surface area contributed by atoms with Gasteiger partial charge in [-0.15, -0.1) is 0 Å². The van der Waals surface area contributed by atoms with Crippen LogP contribution in [0.15, 0.2) is 146 Å². The molecule has 0 amide bonds. The highest BCUT2D eigenvalue weighted by Crippen LogP contribution is 2.47. The Hall–Kier alpha value is -5.47. The van der Waals surface area contributed by atoms with Gasteiger partial charge in [-0.1, -0.05) is 133 Å². The van der Waals surface area contributed by atoms with E-state index >= 15 is 0 Å². The number of rotatable bonds is 2. The van der Waals surface area contributed by atoms with Crippen LogP contribution in [0, 0.1) is 0 Å². The van der Waals surface area contributed by atoms with Gasteiger partial charge >= 0.3 is 0 Å². The van der Waals surface area contributed by atoms with Gasteiger partial charge in [0.15, 0.2) is 0 Å². The molecule has 1 aliphatic carbocycles. The number of fused-ring (bicyclic) bond motifs is 8. The average Bonchev–Trinajstić information content (AvgIpc) is 3.47. The van der Waals surface area contributed by atoms with Crippen LogP contribution in [0.2, 0.25) is 0 Å². The van der Waals surface area contributed by atoms with E-state index in [1.165, 1.54) is 71.2 Å². The monoisotopic (exact) mass is 546 g/mol. The summed E-state index contributed by atoms with van der Waals surface area (Å²) in [5, 5.41) is 7.93. The molecule has 1 aliphatic heterocycles. The average molecular weight is 547 g/mol. The molecule has 0 saturated carbocycles. The quantitative estimate of drug-likeness (QED) is 0.197. The fourth-order valence-corrected chi connectivity index (χ4v) is 7.72. The molecular formula is C41H26N2. The molecule has 1 aromatic heterocycles. The zero-order valence-electron chi connectivity index (χ0n) is 23.4. The number of hydrogen-bond donors (Lipinski definition) is 0. The van der Waals surface area contributed by atoms with Gasteiger partial charge in [0.1, 0.15) is 5.82 Å². The molecule has 8 aromatic rings. The van der Waals surface area contributed by atoms with Crippen LogP contribution in [0.25, 0.3) is 77.0 Å². The Morgan fingerprint density at radius 2 is 1.26 bits per heavy atom. The number of allylic oxidation sites excluding steroid dienone is 4. The van der Waals surface area contributed by atoms with Crippen molar-refractivity contribution in [3.63, 3.8) is 0 Å². The van der Waals surface area contributed by atoms with E-state index in [1.807, 2.05) is 0 Å². The van der Waals surface area contributed by atoms with Crippen LogP contribution in [0.3, 0.4) is 0 Å². The number of hydrogen-bond acceptors (Lipinski definition) is 1. The maximum Gasteiger partial charge on any atom is 0.142 e. The fourth-order valence-electron chi connectivity index (χ4n) is 7.72. The number of nitrogens with zero attached hydrogens (tertiary/aromatic N) is 2. The summed E-state index contributed by atoms with van der Waals surface area (Å²) in [7, 11) is 0. The molecule has 2 nitrogen and oxygen atoms in total. The molecule has 2 heteroatoms. The molecule has 0 radical (unpaired) electrons. The highest BCUT2D eigenvalue weighted by atomic mass is 15.1. The van der Waals surface area contributed by atoms with Crippen LogP contribution in [0.1, 0.15) is 17.5 Å². The molecule has 0 bridgehead atoms. The Balaban J connectivity index is 1.07. The molecule has 2 aliphatic rings. The summed E-state index contributed by atoms with van der Waals surface area (Å²) in [6.45, 7) is 0. The van der Waals surface area contributed by atoms with E-state index in [1.54, 1.807) is 0 Å². The first kappa shape index (κ1) is 23.1. The molecule has 0 N–H and O–H groups in total. The third-order valence-electron chi connectivity index (χ3n) is 9.71. The van der Waals surface area contributed by atoms with Gasteiger partial charge in [0.2, 0.25) is 0 Å². The molecule has 2 heterocycles. The van der Waals surface area contributed by atoms with E-state index < -0.39 is 0 Å². The fraction of sp³-hybridized carbons (Fsp3) is 0.0488. The lowest BCUT2D eigenvalue weighted by Gasteiger charge is -2.33. The standard InChI is InChI=1S/C41H26N2/c1-2-10-35-32(8-1)33-9-3-4-11-37(33)43-38-23-20-30(24-36(38)42-41(35)43)25-12-14-26(15-13-25)31-21-18-29-17-16-27-6-5-7-28-19-22-34(31)40(29)39(27)28/h1-24,33,37H. The van der Waals surface area contributed by atoms with E-state index in [2.05, 4.69) is 150 Å². The summed E-state index contributed by atoms with van der Waals surface area (Å²) < 4.78 is 2.43. The Labute approximate surface area is 249 Å². The van der Waals surface area contributed by atoms with Crippen molar-refractivity contribution < 1.29 is 0 Å². The number of aromatic nitrogens is 2. The van der Waals surface area contributed by atoms with Crippen molar-refractivity contribution in [2.75, 3.05) is 0 Å². The first-order chi connectivity index (χ1) is 21.3. The second-order valence-electron chi connectivity index (χ2n) is 11.9. The minimum atomic E-state index is 0.246. The zero-order valence-corrected chi connectivity index (χ0v) is 23.4. The summed E-state index contributed by atoms with van der Waals surface area (Å²) >= 11 is 0. The Morgan fingerprint density at radius 1 is 0.535 bits per heavy atom. The van der Waals surface area contributed by atoms with E-state index in [9.17, 15) is 0 Å². The van der Waals surface area contributed by atoms with Crippen molar-refractivity contribution in [2.24, 2.45) is 0 Å². The van der Waals surface area contributed by atoms with Crippen LogP contribution in [0.4, 0.5) is 0 Å². The summed E-state index contributed by atoms with van der Waals surface area (Å²) in [4.78, 5) is 5.22. The Morgan fingerprint density at radius 3 is 2.14 bits per heavy atom. The van der Waals surface area contributed by atoms with Crippen molar-refractivity contribution in [3.8, 4) is 33.6 Å². The van der Waals surface area contributed by atoms with Gasteiger partial charge in [-0.05, 0) is 72.3 Å². The molecular weight excluding hydrogens is 520 g/mol. The summed E-state index contributed by atoms with van der Waals surface area (Å²) in [6, 6.07) is 45.0. The number of imidazole rings is 1. The minimum absolute atomic E-state index is 0.246. The van der Waals surface area contributed by atoms with Crippen molar-refractivity contribution in [1.29, 1.82) is 0 Å². The molecule has 2 atom stereocenters. The van der Waals surface area contributed by atoms with Crippen LogP contribution in [-0.4, -0.2) is 9.55 Å². The van der Waals surface area contributed by atoms with Crippen molar-refractivity contribution in [1.82, 2.24) is 9.55 Å². The SMILES string of the molecule is C1=CC2c3ccccc3-c3nc4cc(-c5ccc(-c6ccc7ccc8cccc9ccc6c7c89)cc5)ccc4n3C2C=C1. The first-order valence-corrected chi connectivity index (χ1v) is 15.1. The van der Waals surface area contributed by atoms with Gasteiger partial charge in [-0.2, -0.15) is 0 Å². The topological polar surface area (TPSA) is 17.8 Å². The lowest BCUT2D eigenvalue weighted by Crippen LogP contribution is -2.22. The molecule has 10 rings (SSSR count). The molecule has 0 saturated heterocycles. The summed E-state index contributed by atoms with van der Waals surface area (Å²) in [5.41, 5.74) is 9.73. The highest BCUT2D eigenvalue weighted by Gasteiger charge is 2.33. The van der Waals surface area contributed by atoms with Gasteiger partial charge in [-0.3, -0.25) is 0 Å². The van der Waals surface area contributed by atoms with Gasteiger partial charge in [-0.25, -0.2) is 4.98 Å². The molecule has 43 heavy (non-hydrogen) atoms. The van der Waals surface area contributed by atoms with Crippen LogP contribution in [-0.2, 0) is 0 Å². The lowest BCUT2D eigenvalue weighted by atomic mass is 9.82. The smallest absolute Gasteiger partial charge is 0.142 e. The molecule has 7 aromatic carbocycles. The molecule has 0 fully saturated rings. The second-order valence-corrected chi connectivity index (χ2v) is 11.9. The molecule has 2 unspecified atom stereocenters. The van der Waals surface area contributed by atoms with E-state index in [0.717, 1.165) is 11.3 Å². The highest BCUT2D eigenvalue weighted by molar-refractivity contribution is 6.25. The van der Waals surface area contributed by atoms with E-state index in [4.69, 9.17) is 4.98 Å². The van der Waals surface area contributed by atoms with Gasteiger partial charge in [0.25, 0.3) is 0 Å². The van der Waals surface area contributed by atoms with E-state index in [0.29, 0.717) is 5.92 Å². The molecule has 200 valence electrons. The third-order valence-corrected chi connectivity index (χ3v) is 9.71. The summed E-state index contributed by atoms with van der Waals surface area (Å²) in [5.74, 6) is 1.39. The van der Waals surface area contributed by atoms with Crippen molar-refractivity contribution >= 4 is 43.4 Å². The predicted octanol–water partition coefficient (Wildman–Crippen LogP) is 10.7. The van der Waals surface area contributed by atoms with Gasteiger partial charge in [0.05, 0.1) is 17.1 Å². The van der Waals surface area contributed by atoms with Crippen molar-refractivity contribution in [2.45, 2.75) is 12.0 Å². The van der Waals surface area contributed by atoms with Crippen LogP contribution >= 0.6 is 0 Å². The summed E-state index contributed by atoms with van der Waals surface area (Å²) in [6.07, 6.45) is 8.99. The maximum absolute atomic E-state index is 5.22. The molecule has 0 spiro atoms.